The maximum Gasteiger partial charge on any atom is 0.156 e. The fourth-order valence-corrected chi connectivity index (χ4v) is 3.88. The van der Waals surface area contributed by atoms with E-state index in [2.05, 4.69) is 67.5 Å². The zero-order valence-electron chi connectivity index (χ0n) is 16.2. The maximum absolute atomic E-state index is 6.52. The van der Waals surface area contributed by atoms with Crippen molar-refractivity contribution >= 4 is 28.3 Å². The molecule has 0 aliphatic heterocycles. The molecule has 5 nitrogen and oxygen atoms in total. The lowest BCUT2D eigenvalue weighted by Crippen LogP contribution is -2.09. The Morgan fingerprint density at radius 3 is 2.53 bits per heavy atom. The molecule has 148 valence electrons. The van der Waals surface area contributed by atoms with Gasteiger partial charge in [-0.25, -0.2) is 4.98 Å². The summed E-state index contributed by atoms with van der Waals surface area (Å²) in [6.07, 6.45) is 3.83. The standard InChI is InChI=1S/C24H20ClN5/c25-21-14-22-20(13-19(21)18-9-5-2-6-10-18)24(29-28-22)27-15-23-26-11-12-30(23)16-17-7-3-1-4-8-17/h1-14H,15-16H2,(H2,27,28,29). The molecule has 0 aliphatic carbocycles. The normalized spacial score (nSPS) is 11.1. The molecule has 3 aromatic carbocycles. The van der Waals surface area contributed by atoms with Crippen molar-refractivity contribution in [2.45, 2.75) is 13.1 Å². The van der Waals surface area contributed by atoms with Crippen LogP contribution >= 0.6 is 11.6 Å². The number of benzene rings is 3. The molecule has 2 heterocycles. The van der Waals surface area contributed by atoms with Gasteiger partial charge in [-0.05, 0) is 23.3 Å². The van der Waals surface area contributed by atoms with Crippen LogP contribution in [0, 0.1) is 0 Å². The summed E-state index contributed by atoms with van der Waals surface area (Å²) in [5, 5.41) is 12.6. The molecule has 0 bridgehead atoms. The molecule has 30 heavy (non-hydrogen) atoms. The fraction of sp³-hybridized carbons (Fsp3) is 0.0833. The summed E-state index contributed by atoms with van der Waals surface area (Å²) in [4.78, 5) is 4.51. The predicted octanol–water partition coefficient (Wildman–Crippen LogP) is 5.74. The Bertz CT molecular complexity index is 1280. The van der Waals surface area contributed by atoms with Gasteiger partial charge < -0.3 is 9.88 Å². The topological polar surface area (TPSA) is 58.5 Å². The smallest absolute Gasteiger partial charge is 0.156 e. The highest BCUT2D eigenvalue weighted by molar-refractivity contribution is 6.34. The molecule has 0 radical (unpaired) electrons. The minimum atomic E-state index is 0.573. The number of H-pyrrole nitrogens is 1. The second-order valence-electron chi connectivity index (χ2n) is 7.13. The predicted molar refractivity (Wildman–Crippen MR) is 122 cm³/mol. The molecule has 6 heteroatoms. The second kappa shape index (κ2) is 8.05. The molecule has 0 amide bonds. The third kappa shape index (κ3) is 3.67. The average molecular weight is 414 g/mol. The van der Waals surface area contributed by atoms with Gasteiger partial charge in [0, 0.05) is 29.9 Å². The first kappa shape index (κ1) is 18.5. The number of fused-ring (bicyclic) bond motifs is 1. The van der Waals surface area contributed by atoms with Crippen LogP contribution in [0.2, 0.25) is 5.02 Å². The molecule has 0 unspecified atom stereocenters. The number of nitrogens with one attached hydrogen (secondary N) is 2. The zero-order valence-corrected chi connectivity index (χ0v) is 17.0. The molecule has 0 saturated carbocycles. The van der Waals surface area contributed by atoms with E-state index >= 15 is 0 Å². The molecule has 0 fully saturated rings. The summed E-state index contributed by atoms with van der Waals surface area (Å²) in [7, 11) is 0. The molecule has 5 aromatic rings. The quantitative estimate of drug-likeness (QED) is 0.373. The van der Waals surface area contributed by atoms with Gasteiger partial charge in [-0.1, -0.05) is 72.3 Å². The van der Waals surface area contributed by atoms with Crippen LogP contribution < -0.4 is 5.32 Å². The number of aromatic nitrogens is 4. The van der Waals surface area contributed by atoms with Crippen LogP contribution in [-0.4, -0.2) is 19.7 Å². The first-order chi connectivity index (χ1) is 14.8. The lowest BCUT2D eigenvalue weighted by Gasteiger charge is -2.09. The molecule has 0 spiro atoms. The third-order valence-electron chi connectivity index (χ3n) is 5.15. The maximum atomic E-state index is 6.52. The van der Waals surface area contributed by atoms with Crippen molar-refractivity contribution < 1.29 is 0 Å². The van der Waals surface area contributed by atoms with Crippen molar-refractivity contribution in [2.24, 2.45) is 0 Å². The highest BCUT2D eigenvalue weighted by Crippen LogP contribution is 2.34. The summed E-state index contributed by atoms with van der Waals surface area (Å²) in [5.41, 5.74) is 4.20. The van der Waals surface area contributed by atoms with Crippen molar-refractivity contribution in [3.05, 3.63) is 102 Å². The zero-order chi connectivity index (χ0) is 20.3. The molecule has 0 aliphatic rings. The Morgan fingerprint density at radius 2 is 1.73 bits per heavy atom. The number of imidazole rings is 1. The van der Waals surface area contributed by atoms with Gasteiger partial charge >= 0.3 is 0 Å². The van der Waals surface area contributed by atoms with Gasteiger partial charge in [-0.2, -0.15) is 5.10 Å². The highest BCUT2D eigenvalue weighted by atomic mass is 35.5. The van der Waals surface area contributed by atoms with Gasteiger partial charge in [0.05, 0.1) is 17.1 Å². The average Bonchev–Trinajstić information content (AvgIpc) is 3.39. The lowest BCUT2D eigenvalue weighted by molar-refractivity contribution is 0.734. The van der Waals surface area contributed by atoms with E-state index in [0.29, 0.717) is 11.6 Å². The number of nitrogens with zero attached hydrogens (tertiary/aromatic N) is 3. The van der Waals surface area contributed by atoms with E-state index in [9.17, 15) is 0 Å². The number of anilines is 1. The molecule has 2 N–H and O–H groups in total. The first-order valence-corrected chi connectivity index (χ1v) is 10.2. The van der Waals surface area contributed by atoms with Crippen LogP contribution in [0.15, 0.2) is 85.2 Å². The largest absolute Gasteiger partial charge is 0.361 e. The van der Waals surface area contributed by atoms with Crippen LogP contribution in [0.25, 0.3) is 22.0 Å². The van der Waals surface area contributed by atoms with Gasteiger partial charge in [-0.15, -0.1) is 0 Å². The van der Waals surface area contributed by atoms with E-state index in [4.69, 9.17) is 11.6 Å². The van der Waals surface area contributed by atoms with Crippen LogP contribution in [0.5, 0.6) is 0 Å². The SMILES string of the molecule is Clc1cc2[nH]nc(NCc3nccn3Cc3ccccc3)c2cc1-c1ccccc1. The van der Waals surface area contributed by atoms with Gasteiger partial charge in [0.1, 0.15) is 5.82 Å². The first-order valence-electron chi connectivity index (χ1n) is 9.79. The number of halogens is 1. The Labute approximate surface area is 179 Å². The number of hydrogen-bond donors (Lipinski definition) is 2. The van der Waals surface area contributed by atoms with Crippen LogP contribution in [-0.2, 0) is 13.1 Å². The molecule has 5 rings (SSSR count). The van der Waals surface area contributed by atoms with E-state index in [-0.39, 0.29) is 0 Å². The van der Waals surface area contributed by atoms with Crippen LogP contribution in [0.4, 0.5) is 5.82 Å². The minimum absolute atomic E-state index is 0.573. The number of aromatic amines is 1. The van der Waals surface area contributed by atoms with Crippen molar-refractivity contribution in [2.75, 3.05) is 5.32 Å². The van der Waals surface area contributed by atoms with Gasteiger partial charge in [-0.3, -0.25) is 5.10 Å². The van der Waals surface area contributed by atoms with E-state index in [1.807, 2.05) is 42.7 Å². The molecular formula is C24H20ClN5. The van der Waals surface area contributed by atoms with Crippen molar-refractivity contribution in [1.82, 2.24) is 19.7 Å². The van der Waals surface area contributed by atoms with Crippen LogP contribution in [0.3, 0.4) is 0 Å². The van der Waals surface area contributed by atoms with E-state index in [0.717, 1.165) is 40.2 Å². The summed E-state index contributed by atoms with van der Waals surface area (Å²) in [5.74, 6) is 1.74. The summed E-state index contributed by atoms with van der Waals surface area (Å²) >= 11 is 6.52. The molecule has 0 saturated heterocycles. The lowest BCUT2D eigenvalue weighted by atomic mass is 10.0. The van der Waals surface area contributed by atoms with Crippen LogP contribution in [0.1, 0.15) is 11.4 Å². The highest BCUT2D eigenvalue weighted by Gasteiger charge is 2.12. The van der Waals surface area contributed by atoms with E-state index < -0.39 is 0 Å². The Kier molecular flexibility index (Phi) is 4.95. The molecular weight excluding hydrogens is 394 g/mol. The second-order valence-corrected chi connectivity index (χ2v) is 7.53. The Balaban J connectivity index is 1.40. The van der Waals surface area contributed by atoms with Crippen molar-refractivity contribution in [3.63, 3.8) is 0 Å². The Hall–Kier alpha value is -3.57. The summed E-state index contributed by atoms with van der Waals surface area (Å²) < 4.78 is 2.14. The summed E-state index contributed by atoms with van der Waals surface area (Å²) in [6.45, 7) is 1.36. The number of hydrogen-bond acceptors (Lipinski definition) is 3. The Morgan fingerprint density at radius 1 is 0.967 bits per heavy atom. The van der Waals surface area contributed by atoms with Gasteiger partial charge in [0.25, 0.3) is 0 Å². The minimum Gasteiger partial charge on any atom is -0.361 e. The third-order valence-corrected chi connectivity index (χ3v) is 5.46. The fourth-order valence-electron chi connectivity index (χ4n) is 3.61. The summed E-state index contributed by atoms with van der Waals surface area (Å²) in [6, 6.07) is 24.5. The van der Waals surface area contributed by atoms with Crippen molar-refractivity contribution in [3.8, 4) is 11.1 Å². The molecule has 0 atom stereocenters. The van der Waals surface area contributed by atoms with Gasteiger partial charge in [0.15, 0.2) is 5.82 Å². The monoisotopic (exact) mass is 413 g/mol. The van der Waals surface area contributed by atoms with Gasteiger partial charge in [0.2, 0.25) is 0 Å². The molecule has 2 aromatic heterocycles. The van der Waals surface area contributed by atoms with Crippen molar-refractivity contribution in [1.29, 1.82) is 0 Å². The van der Waals surface area contributed by atoms with E-state index in [1.165, 1.54) is 5.56 Å². The van der Waals surface area contributed by atoms with E-state index in [1.54, 1.807) is 0 Å². The number of rotatable bonds is 6.